The Morgan fingerprint density at radius 1 is 1.48 bits per heavy atom. The number of aliphatic hydroxyl groups is 1. The van der Waals surface area contributed by atoms with E-state index >= 15 is 0 Å². The van der Waals surface area contributed by atoms with Crippen LogP contribution in [0.25, 0.3) is 0 Å². The SMILES string of the molecule is CN(CC1(O)CCCC1)C(=O)c1cccc([N+](=O)[O-])c1Br. The third kappa shape index (κ3) is 3.41. The number of carbonyl (C=O) groups excluding carboxylic acids is 1. The van der Waals surface area contributed by atoms with Crippen molar-refractivity contribution >= 4 is 27.5 Å². The van der Waals surface area contributed by atoms with Gasteiger partial charge in [-0.25, -0.2) is 0 Å². The van der Waals surface area contributed by atoms with Crippen molar-refractivity contribution in [3.05, 3.63) is 38.3 Å². The van der Waals surface area contributed by atoms with E-state index in [1.165, 1.54) is 23.1 Å². The average Bonchev–Trinajstić information content (AvgIpc) is 2.84. The summed E-state index contributed by atoms with van der Waals surface area (Å²) < 4.78 is 0.172. The fraction of sp³-hybridized carbons (Fsp3) is 0.500. The predicted octanol–water partition coefficient (Wildman–Crippen LogP) is 2.73. The first kappa shape index (κ1) is 15.9. The lowest BCUT2D eigenvalue weighted by Crippen LogP contribution is -2.42. The van der Waals surface area contributed by atoms with Crippen LogP contribution in [0.2, 0.25) is 0 Å². The van der Waals surface area contributed by atoms with Crippen LogP contribution in [-0.2, 0) is 0 Å². The van der Waals surface area contributed by atoms with E-state index in [-0.39, 0.29) is 28.2 Å². The fourth-order valence-electron chi connectivity index (χ4n) is 2.74. The zero-order valence-corrected chi connectivity index (χ0v) is 13.3. The van der Waals surface area contributed by atoms with Crippen molar-refractivity contribution in [2.75, 3.05) is 13.6 Å². The first-order chi connectivity index (χ1) is 9.84. The van der Waals surface area contributed by atoms with Crippen LogP contribution in [0.5, 0.6) is 0 Å². The third-order valence-corrected chi connectivity index (χ3v) is 4.65. The van der Waals surface area contributed by atoms with Crippen molar-refractivity contribution in [3.63, 3.8) is 0 Å². The minimum Gasteiger partial charge on any atom is -0.388 e. The van der Waals surface area contributed by atoms with Crippen LogP contribution in [0.4, 0.5) is 5.69 Å². The van der Waals surface area contributed by atoms with Crippen LogP contribution >= 0.6 is 15.9 Å². The van der Waals surface area contributed by atoms with Crippen LogP contribution in [-0.4, -0.2) is 40.0 Å². The molecular formula is C14H17BrN2O4. The van der Waals surface area contributed by atoms with Crippen LogP contribution in [0.1, 0.15) is 36.0 Å². The molecular weight excluding hydrogens is 340 g/mol. The van der Waals surface area contributed by atoms with Gasteiger partial charge in [0.2, 0.25) is 0 Å². The van der Waals surface area contributed by atoms with Gasteiger partial charge in [0.15, 0.2) is 0 Å². The maximum atomic E-state index is 12.4. The number of hydrogen-bond donors (Lipinski definition) is 1. The fourth-order valence-corrected chi connectivity index (χ4v) is 3.31. The van der Waals surface area contributed by atoms with Crippen molar-refractivity contribution < 1.29 is 14.8 Å². The topological polar surface area (TPSA) is 83.7 Å². The summed E-state index contributed by atoms with van der Waals surface area (Å²) in [6.45, 7) is 0.237. The Morgan fingerprint density at radius 3 is 2.67 bits per heavy atom. The summed E-state index contributed by atoms with van der Waals surface area (Å²) in [7, 11) is 1.60. The molecule has 1 aromatic rings. The van der Waals surface area contributed by atoms with Gasteiger partial charge in [0.1, 0.15) is 4.47 Å². The number of benzene rings is 1. The van der Waals surface area contributed by atoms with Crippen molar-refractivity contribution in [1.29, 1.82) is 0 Å². The molecule has 6 nitrogen and oxygen atoms in total. The molecule has 2 rings (SSSR count). The summed E-state index contributed by atoms with van der Waals surface area (Å²) in [6, 6.07) is 4.36. The minimum atomic E-state index is -0.836. The molecule has 0 radical (unpaired) electrons. The highest BCUT2D eigenvalue weighted by Crippen LogP contribution is 2.32. The van der Waals surface area contributed by atoms with E-state index in [0.717, 1.165) is 12.8 Å². The van der Waals surface area contributed by atoms with E-state index in [1.807, 2.05) is 0 Å². The summed E-state index contributed by atoms with van der Waals surface area (Å²) in [4.78, 5) is 24.2. The summed E-state index contributed by atoms with van der Waals surface area (Å²) in [5.74, 6) is -0.342. The Hall–Kier alpha value is -1.47. The molecule has 0 heterocycles. The molecule has 1 aromatic carbocycles. The number of nitrogens with zero attached hydrogens (tertiary/aromatic N) is 2. The highest BCUT2D eigenvalue weighted by atomic mass is 79.9. The lowest BCUT2D eigenvalue weighted by Gasteiger charge is -2.28. The third-order valence-electron chi connectivity index (χ3n) is 3.82. The Labute approximate surface area is 131 Å². The molecule has 1 aliphatic carbocycles. The summed E-state index contributed by atoms with van der Waals surface area (Å²) >= 11 is 3.13. The van der Waals surface area contributed by atoms with Crippen LogP contribution in [0, 0.1) is 10.1 Å². The van der Waals surface area contributed by atoms with Crippen LogP contribution < -0.4 is 0 Å². The monoisotopic (exact) mass is 356 g/mol. The molecule has 0 atom stereocenters. The number of halogens is 1. The van der Waals surface area contributed by atoms with E-state index in [2.05, 4.69) is 15.9 Å². The maximum Gasteiger partial charge on any atom is 0.284 e. The van der Waals surface area contributed by atoms with E-state index in [0.29, 0.717) is 12.8 Å². The van der Waals surface area contributed by atoms with Gasteiger partial charge in [-0.2, -0.15) is 0 Å². The lowest BCUT2D eigenvalue weighted by molar-refractivity contribution is -0.385. The van der Waals surface area contributed by atoms with Gasteiger partial charge in [0.05, 0.1) is 16.1 Å². The maximum absolute atomic E-state index is 12.4. The van der Waals surface area contributed by atoms with Gasteiger partial charge in [-0.3, -0.25) is 14.9 Å². The standard InChI is InChI=1S/C14H17BrN2O4/c1-16(9-14(19)7-2-3-8-14)13(18)10-5-4-6-11(12(10)15)17(20)21/h4-6,19H,2-3,7-9H2,1H3. The second kappa shape index (κ2) is 6.11. The van der Waals surface area contributed by atoms with Gasteiger partial charge < -0.3 is 10.0 Å². The van der Waals surface area contributed by atoms with Gasteiger partial charge in [0.25, 0.3) is 11.6 Å². The lowest BCUT2D eigenvalue weighted by atomic mass is 10.0. The second-order valence-corrected chi connectivity index (χ2v) is 6.28. The minimum absolute atomic E-state index is 0.145. The van der Waals surface area contributed by atoms with E-state index < -0.39 is 10.5 Å². The highest BCUT2D eigenvalue weighted by Gasteiger charge is 2.34. The molecule has 1 amide bonds. The Balaban J connectivity index is 2.19. The number of carbonyl (C=O) groups is 1. The molecule has 7 heteroatoms. The molecule has 1 fully saturated rings. The average molecular weight is 357 g/mol. The Kier molecular flexibility index (Phi) is 4.63. The summed E-state index contributed by atoms with van der Waals surface area (Å²) in [6.07, 6.45) is 3.28. The molecule has 0 spiro atoms. The van der Waals surface area contributed by atoms with Crippen molar-refractivity contribution in [2.24, 2.45) is 0 Å². The largest absolute Gasteiger partial charge is 0.388 e. The number of amides is 1. The quantitative estimate of drug-likeness (QED) is 0.663. The number of hydrogen-bond acceptors (Lipinski definition) is 4. The first-order valence-electron chi connectivity index (χ1n) is 6.75. The molecule has 1 N–H and O–H groups in total. The molecule has 21 heavy (non-hydrogen) atoms. The van der Waals surface area contributed by atoms with E-state index in [1.54, 1.807) is 7.05 Å². The number of likely N-dealkylation sites (N-methyl/N-ethyl adjacent to an activating group) is 1. The number of nitro benzene ring substituents is 1. The molecule has 114 valence electrons. The molecule has 0 bridgehead atoms. The zero-order chi connectivity index (χ0) is 15.6. The smallest absolute Gasteiger partial charge is 0.284 e. The van der Waals surface area contributed by atoms with Gasteiger partial charge >= 0.3 is 0 Å². The van der Waals surface area contributed by atoms with Gasteiger partial charge in [-0.15, -0.1) is 0 Å². The van der Waals surface area contributed by atoms with Crippen molar-refractivity contribution in [3.8, 4) is 0 Å². The molecule has 0 aromatic heterocycles. The Bertz CT molecular complexity index is 570. The molecule has 1 saturated carbocycles. The summed E-state index contributed by atoms with van der Waals surface area (Å²) in [5, 5.41) is 21.3. The van der Waals surface area contributed by atoms with Gasteiger partial charge in [-0.05, 0) is 34.8 Å². The van der Waals surface area contributed by atoms with E-state index in [9.17, 15) is 20.0 Å². The molecule has 0 saturated heterocycles. The van der Waals surface area contributed by atoms with Crippen molar-refractivity contribution in [2.45, 2.75) is 31.3 Å². The molecule has 0 aliphatic heterocycles. The molecule has 1 aliphatic rings. The number of nitro groups is 1. The number of rotatable bonds is 4. The normalized spacial score (nSPS) is 16.7. The predicted molar refractivity (Wildman–Crippen MR) is 81.2 cm³/mol. The van der Waals surface area contributed by atoms with Crippen LogP contribution in [0.3, 0.4) is 0 Å². The molecule has 0 unspecified atom stereocenters. The summed E-state index contributed by atoms with van der Waals surface area (Å²) in [5.41, 5.74) is -0.750. The van der Waals surface area contributed by atoms with Gasteiger partial charge in [0, 0.05) is 19.7 Å². The van der Waals surface area contributed by atoms with Crippen LogP contribution in [0.15, 0.2) is 22.7 Å². The van der Waals surface area contributed by atoms with Gasteiger partial charge in [-0.1, -0.05) is 18.9 Å². The Morgan fingerprint density at radius 2 is 2.10 bits per heavy atom. The first-order valence-corrected chi connectivity index (χ1v) is 7.54. The second-order valence-electron chi connectivity index (χ2n) is 5.49. The van der Waals surface area contributed by atoms with E-state index in [4.69, 9.17) is 0 Å². The van der Waals surface area contributed by atoms with Crippen molar-refractivity contribution in [1.82, 2.24) is 4.90 Å². The highest BCUT2D eigenvalue weighted by molar-refractivity contribution is 9.10. The zero-order valence-electron chi connectivity index (χ0n) is 11.7.